The number of hydrogen-bond donors (Lipinski definition) is 2. The smallest absolute Gasteiger partial charge is 0.320 e. The minimum Gasteiger partial charge on any atom is -0.341 e. The highest BCUT2D eigenvalue weighted by molar-refractivity contribution is 6.33. The van der Waals surface area contributed by atoms with Crippen LogP contribution in [-0.4, -0.2) is 48.4 Å². The van der Waals surface area contributed by atoms with Gasteiger partial charge in [0.15, 0.2) is 0 Å². The Morgan fingerprint density at radius 2 is 1.57 bits per heavy atom. The molecule has 0 radical (unpaired) electrons. The lowest BCUT2D eigenvalue weighted by Gasteiger charge is -2.27. The van der Waals surface area contributed by atoms with E-state index in [0.717, 1.165) is 29.5 Å². The van der Waals surface area contributed by atoms with Gasteiger partial charge in [0.1, 0.15) is 12.6 Å². The van der Waals surface area contributed by atoms with E-state index in [0.29, 0.717) is 29.5 Å². The summed E-state index contributed by atoms with van der Waals surface area (Å²) < 4.78 is 0. The van der Waals surface area contributed by atoms with Crippen LogP contribution < -0.4 is 15.5 Å². The fraction of sp³-hybridized carbons (Fsp3) is 0.207. The number of likely N-dealkylation sites (tertiary alicyclic amines) is 1. The predicted molar refractivity (Wildman–Crippen MR) is 146 cm³/mol. The van der Waals surface area contributed by atoms with Crippen LogP contribution in [-0.2, 0) is 9.59 Å². The number of nitrogens with zero attached hydrogens (tertiary/aromatic N) is 2. The molecule has 4 amide bonds. The second-order valence-corrected chi connectivity index (χ2v) is 9.44. The quantitative estimate of drug-likeness (QED) is 0.506. The van der Waals surface area contributed by atoms with Crippen LogP contribution in [0.3, 0.4) is 0 Å². The van der Waals surface area contributed by atoms with E-state index in [1.165, 1.54) is 4.90 Å². The number of fused-ring (bicyclic) bond motifs is 1. The fourth-order valence-electron chi connectivity index (χ4n) is 4.75. The first kappa shape index (κ1) is 24.6. The van der Waals surface area contributed by atoms with Crippen molar-refractivity contribution in [1.82, 2.24) is 10.2 Å². The highest BCUT2D eigenvalue weighted by atomic mass is 35.5. The topological polar surface area (TPSA) is 81.8 Å². The molecule has 3 aromatic rings. The molecule has 0 bridgehead atoms. The molecule has 1 atom stereocenters. The van der Waals surface area contributed by atoms with Crippen LogP contribution in [0.25, 0.3) is 5.57 Å². The summed E-state index contributed by atoms with van der Waals surface area (Å²) in [4.78, 5) is 43.3. The van der Waals surface area contributed by atoms with Gasteiger partial charge in [0.05, 0.1) is 16.4 Å². The summed E-state index contributed by atoms with van der Waals surface area (Å²) in [6, 6.07) is 22.5. The molecular weight excluding hydrogens is 488 g/mol. The summed E-state index contributed by atoms with van der Waals surface area (Å²) in [5.41, 5.74) is 3.56. The van der Waals surface area contributed by atoms with Crippen LogP contribution in [0.5, 0.6) is 0 Å². The maximum Gasteiger partial charge on any atom is 0.320 e. The molecule has 188 valence electrons. The number of rotatable bonds is 5. The van der Waals surface area contributed by atoms with Crippen molar-refractivity contribution in [1.29, 1.82) is 0 Å². The van der Waals surface area contributed by atoms with Crippen LogP contribution in [0.15, 0.2) is 84.9 Å². The van der Waals surface area contributed by atoms with Crippen LogP contribution in [0.1, 0.15) is 24.0 Å². The number of halogens is 1. The second-order valence-electron chi connectivity index (χ2n) is 9.03. The lowest BCUT2D eigenvalue weighted by molar-refractivity contribution is -0.130. The Labute approximate surface area is 220 Å². The van der Waals surface area contributed by atoms with Crippen LogP contribution >= 0.6 is 11.6 Å². The zero-order chi connectivity index (χ0) is 25.8. The zero-order valence-corrected chi connectivity index (χ0v) is 20.9. The molecule has 7 nitrogen and oxygen atoms in total. The van der Waals surface area contributed by atoms with Crippen molar-refractivity contribution in [2.75, 3.05) is 29.9 Å². The van der Waals surface area contributed by atoms with E-state index in [1.807, 2.05) is 54.6 Å². The maximum absolute atomic E-state index is 13.9. The lowest BCUT2D eigenvalue weighted by Crippen LogP contribution is -2.51. The number of carbonyl (C=O) groups excluding carboxylic acids is 3. The summed E-state index contributed by atoms with van der Waals surface area (Å²) in [5.74, 6) is -0.497. The summed E-state index contributed by atoms with van der Waals surface area (Å²) in [7, 11) is 0. The molecular formula is C29H27ClN4O3. The molecule has 1 unspecified atom stereocenters. The maximum atomic E-state index is 13.9. The predicted octanol–water partition coefficient (Wildman–Crippen LogP) is 4.93. The molecule has 2 aliphatic rings. The van der Waals surface area contributed by atoms with Gasteiger partial charge in [-0.25, -0.2) is 4.79 Å². The summed E-state index contributed by atoms with van der Waals surface area (Å²) in [6.45, 7) is 1.28. The lowest BCUT2D eigenvalue weighted by atomic mass is 9.95. The third kappa shape index (κ3) is 5.37. The average Bonchev–Trinajstić information content (AvgIpc) is 3.43. The van der Waals surface area contributed by atoms with Crippen molar-refractivity contribution in [3.63, 3.8) is 0 Å². The summed E-state index contributed by atoms with van der Waals surface area (Å²) in [5, 5.41) is 5.89. The third-order valence-corrected chi connectivity index (χ3v) is 6.93. The number of hydrogen-bond acceptors (Lipinski definition) is 3. The number of anilines is 2. The van der Waals surface area contributed by atoms with Crippen molar-refractivity contribution in [2.45, 2.75) is 18.9 Å². The van der Waals surface area contributed by atoms with Crippen LogP contribution in [0.4, 0.5) is 16.2 Å². The minimum atomic E-state index is -1.02. The van der Waals surface area contributed by atoms with Gasteiger partial charge in [-0.1, -0.05) is 72.3 Å². The van der Waals surface area contributed by atoms with E-state index in [4.69, 9.17) is 11.6 Å². The van der Waals surface area contributed by atoms with E-state index in [2.05, 4.69) is 10.6 Å². The fourth-order valence-corrected chi connectivity index (χ4v) is 4.93. The van der Waals surface area contributed by atoms with Crippen molar-refractivity contribution in [3.05, 3.63) is 101 Å². The van der Waals surface area contributed by atoms with Gasteiger partial charge < -0.3 is 20.4 Å². The first-order valence-electron chi connectivity index (χ1n) is 12.3. The van der Waals surface area contributed by atoms with Crippen LogP contribution in [0.2, 0.25) is 5.02 Å². The molecule has 5 rings (SSSR count). The van der Waals surface area contributed by atoms with Crippen molar-refractivity contribution in [2.24, 2.45) is 0 Å². The standard InChI is InChI=1S/C29H27ClN4O3/c30-23-13-5-6-14-24(23)31-29(37)32-25-18-22(20-10-2-1-3-11-20)21-12-4-7-15-26(21)34(28(25)36)19-27(35)33-16-8-9-17-33/h1-7,10-15,18,25H,8-9,16-17,19H2,(H2,31,32,37). The van der Waals surface area contributed by atoms with E-state index < -0.39 is 12.1 Å². The molecule has 1 fully saturated rings. The van der Waals surface area contributed by atoms with Gasteiger partial charge in [0, 0.05) is 18.7 Å². The van der Waals surface area contributed by atoms with Gasteiger partial charge in [-0.05, 0) is 48.3 Å². The molecule has 2 heterocycles. The zero-order valence-electron chi connectivity index (χ0n) is 20.2. The van der Waals surface area contributed by atoms with Crippen LogP contribution in [0, 0.1) is 0 Å². The number of urea groups is 1. The Morgan fingerprint density at radius 3 is 2.32 bits per heavy atom. The van der Waals surface area contributed by atoms with Crippen molar-refractivity contribution < 1.29 is 14.4 Å². The second kappa shape index (κ2) is 10.9. The molecule has 2 N–H and O–H groups in total. The van der Waals surface area contributed by atoms with Gasteiger partial charge in [-0.3, -0.25) is 9.59 Å². The van der Waals surface area contributed by atoms with E-state index in [9.17, 15) is 14.4 Å². The van der Waals surface area contributed by atoms with Gasteiger partial charge in [0.2, 0.25) is 5.91 Å². The number of carbonyl (C=O) groups is 3. The number of para-hydroxylation sites is 2. The highest BCUT2D eigenvalue weighted by Crippen LogP contribution is 2.35. The Balaban J connectivity index is 1.52. The van der Waals surface area contributed by atoms with Gasteiger partial charge in [0.25, 0.3) is 5.91 Å². The largest absolute Gasteiger partial charge is 0.341 e. The number of amides is 4. The van der Waals surface area contributed by atoms with Gasteiger partial charge in [-0.15, -0.1) is 0 Å². The molecule has 0 aliphatic carbocycles. The molecule has 8 heteroatoms. The molecule has 0 saturated carbocycles. The molecule has 0 aromatic heterocycles. The average molecular weight is 515 g/mol. The number of benzene rings is 3. The molecule has 2 aliphatic heterocycles. The molecule has 1 saturated heterocycles. The normalized spacial score (nSPS) is 17.1. The Morgan fingerprint density at radius 1 is 0.892 bits per heavy atom. The van der Waals surface area contributed by atoms with E-state index in [1.54, 1.807) is 35.2 Å². The highest BCUT2D eigenvalue weighted by Gasteiger charge is 2.34. The van der Waals surface area contributed by atoms with Gasteiger partial charge in [-0.2, -0.15) is 0 Å². The molecule has 37 heavy (non-hydrogen) atoms. The molecule has 0 spiro atoms. The van der Waals surface area contributed by atoms with E-state index >= 15 is 0 Å². The SMILES string of the molecule is O=C(Nc1ccccc1Cl)NC1C=C(c2ccccc2)c2ccccc2N(CC(=O)N2CCCC2)C1=O. The summed E-state index contributed by atoms with van der Waals surface area (Å²) in [6.07, 6.45) is 3.67. The van der Waals surface area contributed by atoms with Crippen molar-refractivity contribution in [3.8, 4) is 0 Å². The first-order valence-corrected chi connectivity index (χ1v) is 12.7. The van der Waals surface area contributed by atoms with E-state index in [-0.39, 0.29) is 18.4 Å². The monoisotopic (exact) mass is 514 g/mol. The van der Waals surface area contributed by atoms with Gasteiger partial charge >= 0.3 is 6.03 Å². The number of nitrogens with one attached hydrogen (secondary N) is 2. The third-order valence-electron chi connectivity index (χ3n) is 6.60. The first-order chi connectivity index (χ1) is 18.0. The Kier molecular flexibility index (Phi) is 7.23. The Hall–Kier alpha value is -4.10. The summed E-state index contributed by atoms with van der Waals surface area (Å²) >= 11 is 6.20. The van der Waals surface area contributed by atoms with Crippen molar-refractivity contribution >= 4 is 46.4 Å². The minimum absolute atomic E-state index is 0.101. The molecule has 3 aromatic carbocycles. The Bertz CT molecular complexity index is 1350.